The van der Waals surface area contributed by atoms with Gasteiger partial charge in [0.15, 0.2) is 16.3 Å². The number of hydrogen-bond acceptors (Lipinski definition) is 6. The Bertz CT molecular complexity index is 1090. The van der Waals surface area contributed by atoms with Gasteiger partial charge >= 0.3 is 0 Å². The highest BCUT2D eigenvalue weighted by molar-refractivity contribution is 7.16. The van der Waals surface area contributed by atoms with Gasteiger partial charge in [0.25, 0.3) is 5.91 Å². The van der Waals surface area contributed by atoms with Crippen molar-refractivity contribution < 1.29 is 23.7 Å². The van der Waals surface area contributed by atoms with Crippen LogP contribution in [0.2, 0.25) is 0 Å². The van der Waals surface area contributed by atoms with Gasteiger partial charge in [-0.15, -0.1) is 0 Å². The fourth-order valence-electron chi connectivity index (χ4n) is 3.19. The third kappa shape index (κ3) is 5.65. The highest BCUT2D eigenvalue weighted by Gasteiger charge is 2.13. The van der Waals surface area contributed by atoms with Gasteiger partial charge in [-0.1, -0.05) is 23.5 Å². The van der Waals surface area contributed by atoms with E-state index in [0.717, 1.165) is 21.5 Å². The van der Waals surface area contributed by atoms with E-state index in [9.17, 15) is 4.79 Å². The van der Waals surface area contributed by atoms with Gasteiger partial charge < -0.3 is 23.5 Å². The smallest absolute Gasteiger partial charge is 0.252 e. The van der Waals surface area contributed by atoms with Crippen LogP contribution >= 0.6 is 11.3 Å². The minimum atomic E-state index is -0.209. The molecule has 0 aliphatic rings. The molecule has 3 rings (SSSR count). The molecule has 0 aliphatic heterocycles. The number of rotatable bonds is 10. The molecule has 0 aliphatic carbocycles. The molecule has 1 heterocycles. The average Bonchev–Trinajstić information content (AvgIpc) is 3.10. The Morgan fingerprint density at radius 1 is 1.03 bits per heavy atom. The molecule has 0 saturated carbocycles. The second kappa shape index (κ2) is 11.0. The highest BCUT2D eigenvalue weighted by atomic mass is 32.1. The Labute approximate surface area is 185 Å². The molecular weight excluding hydrogens is 416 g/mol. The molecule has 0 bridgehead atoms. The summed E-state index contributed by atoms with van der Waals surface area (Å²) in [6.45, 7) is 6.23. The number of hydrogen-bond donors (Lipinski definition) is 0. The van der Waals surface area contributed by atoms with Gasteiger partial charge in [-0.05, 0) is 31.5 Å². The summed E-state index contributed by atoms with van der Waals surface area (Å²) in [7, 11) is 3.21. The largest absolute Gasteiger partial charge is 0.494 e. The van der Waals surface area contributed by atoms with Crippen molar-refractivity contribution in [3.8, 4) is 17.2 Å². The van der Waals surface area contributed by atoms with Crippen molar-refractivity contribution in [2.45, 2.75) is 26.8 Å². The zero-order valence-electron chi connectivity index (χ0n) is 18.3. The number of benzene rings is 2. The van der Waals surface area contributed by atoms with Gasteiger partial charge in [-0.3, -0.25) is 4.79 Å². The number of thiazole rings is 1. The van der Waals surface area contributed by atoms with Crippen molar-refractivity contribution in [3.05, 3.63) is 46.8 Å². The first-order chi connectivity index (χ1) is 15.1. The molecule has 0 N–H and O–H groups in total. The van der Waals surface area contributed by atoms with Crippen LogP contribution in [0, 0.1) is 0 Å². The zero-order chi connectivity index (χ0) is 22.2. The van der Waals surface area contributed by atoms with Gasteiger partial charge in [0.05, 0.1) is 44.1 Å². The van der Waals surface area contributed by atoms with Crippen LogP contribution in [0.5, 0.6) is 17.2 Å². The van der Waals surface area contributed by atoms with E-state index >= 15 is 0 Å². The first kappa shape index (κ1) is 22.8. The minimum absolute atomic E-state index is 0.209. The van der Waals surface area contributed by atoms with E-state index in [1.807, 2.05) is 54.8 Å². The monoisotopic (exact) mass is 444 g/mol. The molecule has 8 heteroatoms. The maximum atomic E-state index is 12.7. The van der Waals surface area contributed by atoms with Crippen molar-refractivity contribution in [3.63, 3.8) is 0 Å². The summed E-state index contributed by atoms with van der Waals surface area (Å²) in [6, 6.07) is 11.3. The van der Waals surface area contributed by atoms with Gasteiger partial charge in [-0.25, -0.2) is 0 Å². The van der Waals surface area contributed by atoms with Crippen LogP contribution < -0.4 is 19.0 Å². The van der Waals surface area contributed by atoms with E-state index < -0.39 is 0 Å². The molecule has 7 nitrogen and oxygen atoms in total. The Kier molecular flexibility index (Phi) is 8.08. The summed E-state index contributed by atoms with van der Waals surface area (Å²) >= 11 is 1.44. The molecule has 166 valence electrons. The topological polar surface area (TPSA) is 71.3 Å². The molecule has 1 amide bonds. The Hall–Kier alpha value is -2.84. The molecule has 0 saturated heterocycles. The summed E-state index contributed by atoms with van der Waals surface area (Å²) in [4.78, 5) is 17.8. The van der Waals surface area contributed by atoms with Crippen molar-refractivity contribution in [2.24, 2.45) is 4.99 Å². The van der Waals surface area contributed by atoms with Crippen LogP contribution in [-0.2, 0) is 22.5 Å². The lowest BCUT2D eigenvalue weighted by Gasteiger charge is -2.09. The maximum absolute atomic E-state index is 12.7. The summed E-state index contributed by atoms with van der Waals surface area (Å²) < 4.78 is 24.8. The lowest BCUT2D eigenvalue weighted by atomic mass is 10.1. The Morgan fingerprint density at radius 2 is 1.74 bits per heavy atom. The molecule has 0 unspecified atom stereocenters. The van der Waals surface area contributed by atoms with Gasteiger partial charge in [-0.2, -0.15) is 4.99 Å². The third-order valence-electron chi connectivity index (χ3n) is 4.66. The number of carbonyl (C=O) groups is 1. The lowest BCUT2D eigenvalue weighted by molar-refractivity contribution is -0.117. The maximum Gasteiger partial charge on any atom is 0.252 e. The van der Waals surface area contributed by atoms with Gasteiger partial charge in [0.1, 0.15) is 5.75 Å². The van der Waals surface area contributed by atoms with Gasteiger partial charge in [0, 0.05) is 25.3 Å². The van der Waals surface area contributed by atoms with E-state index in [4.69, 9.17) is 18.9 Å². The molecule has 0 atom stereocenters. The van der Waals surface area contributed by atoms with Crippen molar-refractivity contribution in [1.82, 2.24) is 4.57 Å². The van der Waals surface area contributed by atoms with Crippen LogP contribution in [0.15, 0.2) is 41.4 Å². The normalized spacial score (nSPS) is 11.7. The summed E-state index contributed by atoms with van der Waals surface area (Å²) in [5.41, 5.74) is 1.82. The summed E-state index contributed by atoms with van der Waals surface area (Å²) in [5, 5.41) is 0. The SMILES string of the molecule is CCOCCn1c(=NC(=O)Cc2ccc(OCC)cc2)sc2cc(OC)c(OC)cc21. The second-order valence-corrected chi connectivity index (χ2v) is 7.68. The quantitative estimate of drug-likeness (QED) is 0.445. The number of methoxy groups -OCH3 is 2. The number of ether oxygens (including phenoxy) is 4. The predicted molar refractivity (Wildman–Crippen MR) is 121 cm³/mol. The minimum Gasteiger partial charge on any atom is -0.494 e. The number of amides is 1. The van der Waals surface area contributed by atoms with E-state index in [2.05, 4.69) is 4.99 Å². The van der Waals surface area contributed by atoms with E-state index in [1.54, 1.807) is 14.2 Å². The van der Waals surface area contributed by atoms with Crippen LogP contribution in [-0.4, -0.2) is 44.5 Å². The molecular formula is C23H28N2O5S. The summed E-state index contributed by atoms with van der Waals surface area (Å²) in [6.07, 6.45) is 0.221. The second-order valence-electron chi connectivity index (χ2n) is 6.67. The number of nitrogens with zero attached hydrogens (tertiary/aromatic N) is 2. The molecule has 2 aromatic carbocycles. The molecule has 3 aromatic rings. The molecule has 1 aromatic heterocycles. The molecule has 31 heavy (non-hydrogen) atoms. The fourth-order valence-corrected chi connectivity index (χ4v) is 4.27. The molecule has 0 radical (unpaired) electrons. The first-order valence-electron chi connectivity index (χ1n) is 10.2. The van der Waals surface area contributed by atoms with Crippen LogP contribution in [0.4, 0.5) is 0 Å². The van der Waals surface area contributed by atoms with E-state index in [-0.39, 0.29) is 12.3 Å². The summed E-state index contributed by atoms with van der Waals surface area (Å²) in [5.74, 6) is 1.85. The van der Waals surface area contributed by atoms with Crippen molar-refractivity contribution in [1.29, 1.82) is 0 Å². The Balaban J connectivity index is 1.94. The van der Waals surface area contributed by atoms with E-state index in [1.165, 1.54) is 11.3 Å². The Morgan fingerprint density at radius 3 is 2.39 bits per heavy atom. The van der Waals surface area contributed by atoms with Crippen LogP contribution in [0.3, 0.4) is 0 Å². The van der Waals surface area contributed by atoms with Crippen LogP contribution in [0.1, 0.15) is 19.4 Å². The zero-order valence-corrected chi connectivity index (χ0v) is 19.2. The van der Waals surface area contributed by atoms with Crippen LogP contribution in [0.25, 0.3) is 10.2 Å². The lowest BCUT2D eigenvalue weighted by Crippen LogP contribution is -2.20. The first-order valence-corrected chi connectivity index (χ1v) is 11.0. The molecule has 0 fully saturated rings. The average molecular weight is 445 g/mol. The third-order valence-corrected chi connectivity index (χ3v) is 5.70. The van der Waals surface area contributed by atoms with Crippen molar-refractivity contribution >= 4 is 27.5 Å². The number of fused-ring (bicyclic) bond motifs is 1. The predicted octanol–water partition coefficient (Wildman–Crippen LogP) is 3.83. The van der Waals surface area contributed by atoms with E-state index in [0.29, 0.717) is 42.7 Å². The number of aromatic nitrogens is 1. The van der Waals surface area contributed by atoms with Gasteiger partial charge in [0.2, 0.25) is 0 Å². The van der Waals surface area contributed by atoms with Crippen molar-refractivity contribution in [2.75, 3.05) is 34.0 Å². The standard InChI is InChI=1S/C23H28N2O5S/c1-5-29-12-11-25-18-14-19(27-3)20(28-4)15-21(18)31-23(25)24-22(26)13-16-7-9-17(10-8-16)30-6-2/h7-10,14-15H,5-6,11-13H2,1-4H3. The highest BCUT2D eigenvalue weighted by Crippen LogP contribution is 2.33. The fraction of sp³-hybridized carbons (Fsp3) is 0.391. The number of carbonyl (C=O) groups excluding carboxylic acids is 1. The molecule has 0 spiro atoms.